The summed E-state index contributed by atoms with van der Waals surface area (Å²) in [4.78, 5) is 22.5. The second-order valence-corrected chi connectivity index (χ2v) is 5.42. The van der Waals surface area contributed by atoms with Gasteiger partial charge in [-0.05, 0) is 49.8 Å². The number of hydrogen-bond acceptors (Lipinski definition) is 2. The van der Waals surface area contributed by atoms with Crippen molar-refractivity contribution in [2.75, 3.05) is 5.32 Å². The first-order valence-electron chi connectivity index (χ1n) is 7.42. The minimum Gasteiger partial charge on any atom is -0.481 e. The monoisotopic (exact) mass is 287 g/mol. The molecule has 1 amide bonds. The highest BCUT2D eigenvalue weighted by Crippen LogP contribution is 2.20. The summed E-state index contributed by atoms with van der Waals surface area (Å²) in [5.41, 5.74) is 2.96. The SMILES string of the molecule is O=C(O)CCc1ccc(NC(=O)CC2=CCCCC2)cc1. The van der Waals surface area contributed by atoms with E-state index in [1.54, 1.807) is 0 Å². The molecule has 112 valence electrons. The summed E-state index contributed by atoms with van der Waals surface area (Å²) >= 11 is 0. The maximum Gasteiger partial charge on any atom is 0.303 e. The minimum absolute atomic E-state index is 0.0152. The quantitative estimate of drug-likeness (QED) is 0.786. The molecule has 21 heavy (non-hydrogen) atoms. The first-order chi connectivity index (χ1) is 10.1. The first-order valence-corrected chi connectivity index (χ1v) is 7.42. The fraction of sp³-hybridized carbons (Fsp3) is 0.412. The molecule has 1 aliphatic rings. The van der Waals surface area contributed by atoms with Crippen molar-refractivity contribution in [3.05, 3.63) is 41.5 Å². The van der Waals surface area contributed by atoms with Crippen LogP contribution in [0.25, 0.3) is 0 Å². The molecule has 1 aromatic rings. The third-order valence-corrected chi connectivity index (χ3v) is 3.64. The lowest BCUT2D eigenvalue weighted by atomic mass is 9.97. The second kappa shape index (κ2) is 7.62. The summed E-state index contributed by atoms with van der Waals surface area (Å²) in [6, 6.07) is 7.37. The maximum atomic E-state index is 12.0. The van der Waals surface area contributed by atoms with Crippen LogP contribution in [0.2, 0.25) is 0 Å². The number of carboxylic acid groups (broad SMARTS) is 1. The van der Waals surface area contributed by atoms with Crippen molar-refractivity contribution in [3.63, 3.8) is 0 Å². The Morgan fingerprint density at radius 2 is 1.90 bits per heavy atom. The van der Waals surface area contributed by atoms with E-state index in [1.165, 1.54) is 18.4 Å². The Morgan fingerprint density at radius 1 is 1.14 bits per heavy atom. The Morgan fingerprint density at radius 3 is 2.52 bits per heavy atom. The van der Waals surface area contributed by atoms with Crippen LogP contribution >= 0.6 is 0 Å². The van der Waals surface area contributed by atoms with Gasteiger partial charge in [-0.2, -0.15) is 0 Å². The van der Waals surface area contributed by atoms with Gasteiger partial charge in [0.1, 0.15) is 0 Å². The number of aliphatic carboxylic acids is 1. The maximum absolute atomic E-state index is 12.0. The van der Waals surface area contributed by atoms with E-state index in [4.69, 9.17) is 5.11 Å². The van der Waals surface area contributed by atoms with Gasteiger partial charge in [0.15, 0.2) is 0 Å². The van der Waals surface area contributed by atoms with Crippen molar-refractivity contribution < 1.29 is 14.7 Å². The number of anilines is 1. The number of carbonyl (C=O) groups is 2. The molecule has 2 N–H and O–H groups in total. The first kappa shape index (κ1) is 15.3. The van der Waals surface area contributed by atoms with Gasteiger partial charge in [0.2, 0.25) is 5.91 Å². The molecule has 0 atom stereocenters. The van der Waals surface area contributed by atoms with Crippen LogP contribution < -0.4 is 5.32 Å². The van der Waals surface area contributed by atoms with E-state index in [0.717, 1.165) is 24.1 Å². The summed E-state index contributed by atoms with van der Waals surface area (Å²) < 4.78 is 0. The third-order valence-electron chi connectivity index (χ3n) is 3.64. The molecule has 0 aliphatic heterocycles. The highest BCUT2D eigenvalue weighted by molar-refractivity contribution is 5.92. The van der Waals surface area contributed by atoms with Crippen LogP contribution in [0.15, 0.2) is 35.9 Å². The van der Waals surface area contributed by atoms with Crippen LogP contribution in [0.5, 0.6) is 0 Å². The molecule has 4 heteroatoms. The molecule has 0 spiro atoms. The van der Waals surface area contributed by atoms with E-state index in [9.17, 15) is 9.59 Å². The number of aryl methyl sites for hydroxylation is 1. The van der Waals surface area contributed by atoms with Gasteiger partial charge in [-0.15, -0.1) is 0 Å². The lowest BCUT2D eigenvalue weighted by molar-refractivity contribution is -0.137. The van der Waals surface area contributed by atoms with Gasteiger partial charge in [-0.25, -0.2) is 0 Å². The van der Waals surface area contributed by atoms with Crippen molar-refractivity contribution in [2.45, 2.75) is 44.9 Å². The lowest BCUT2D eigenvalue weighted by Crippen LogP contribution is -2.13. The number of carbonyl (C=O) groups excluding carboxylic acids is 1. The van der Waals surface area contributed by atoms with E-state index in [0.29, 0.717) is 12.8 Å². The van der Waals surface area contributed by atoms with Gasteiger partial charge in [0.25, 0.3) is 0 Å². The number of allylic oxidation sites excluding steroid dienone is 1. The Hall–Kier alpha value is -2.10. The van der Waals surface area contributed by atoms with E-state index >= 15 is 0 Å². The summed E-state index contributed by atoms with van der Waals surface area (Å²) in [6.07, 6.45) is 7.80. The molecule has 0 heterocycles. The Bertz CT molecular complexity index is 531. The number of rotatable bonds is 6. The zero-order valence-corrected chi connectivity index (χ0v) is 12.1. The molecule has 0 bridgehead atoms. The van der Waals surface area contributed by atoms with E-state index in [1.807, 2.05) is 24.3 Å². The molecular weight excluding hydrogens is 266 g/mol. The number of carboxylic acids is 1. The highest BCUT2D eigenvalue weighted by Gasteiger charge is 2.09. The van der Waals surface area contributed by atoms with Gasteiger partial charge in [-0.1, -0.05) is 23.8 Å². The largest absolute Gasteiger partial charge is 0.481 e. The van der Waals surface area contributed by atoms with Gasteiger partial charge in [0.05, 0.1) is 0 Å². The van der Waals surface area contributed by atoms with Crippen molar-refractivity contribution in [1.29, 1.82) is 0 Å². The van der Waals surface area contributed by atoms with Crippen molar-refractivity contribution in [3.8, 4) is 0 Å². The highest BCUT2D eigenvalue weighted by atomic mass is 16.4. The van der Waals surface area contributed by atoms with Gasteiger partial charge < -0.3 is 10.4 Å². The number of nitrogens with one attached hydrogen (secondary N) is 1. The number of benzene rings is 1. The number of hydrogen-bond donors (Lipinski definition) is 2. The second-order valence-electron chi connectivity index (χ2n) is 5.42. The molecule has 0 radical (unpaired) electrons. The normalized spacial score (nSPS) is 14.4. The molecule has 0 saturated carbocycles. The molecule has 0 aromatic heterocycles. The summed E-state index contributed by atoms with van der Waals surface area (Å²) in [5.74, 6) is -0.783. The molecule has 1 aliphatic carbocycles. The van der Waals surface area contributed by atoms with Crippen LogP contribution in [-0.2, 0) is 16.0 Å². The summed E-state index contributed by atoms with van der Waals surface area (Å²) in [5, 5.41) is 11.5. The molecule has 4 nitrogen and oxygen atoms in total. The summed E-state index contributed by atoms with van der Waals surface area (Å²) in [7, 11) is 0. The Kier molecular flexibility index (Phi) is 5.55. The van der Waals surface area contributed by atoms with Gasteiger partial charge in [0, 0.05) is 18.5 Å². The van der Waals surface area contributed by atoms with Crippen LogP contribution in [0.1, 0.15) is 44.1 Å². The Labute approximate surface area is 124 Å². The third kappa shape index (κ3) is 5.42. The molecule has 1 aromatic carbocycles. The fourth-order valence-electron chi connectivity index (χ4n) is 2.48. The average molecular weight is 287 g/mol. The van der Waals surface area contributed by atoms with Crippen molar-refractivity contribution in [1.82, 2.24) is 0 Å². The number of amides is 1. The Balaban J connectivity index is 1.83. The van der Waals surface area contributed by atoms with Crippen LogP contribution in [-0.4, -0.2) is 17.0 Å². The smallest absolute Gasteiger partial charge is 0.303 e. The zero-order chi connectivity index (χ0) is 15.1. The molecule has 0 unspecified atom stereocenters. The van der Waals surface area contributed by atoms with E-state index in [2.05, 4.69) is 11.4 Å². The predicted octanol–water partition coefficient (Wildman–Crippen LogP) is 3.53. The van der Waals surface area contributed by atoms with Crippen molar-refractivity contribution >= 4 is 17.6 Å². The topological polar surface area (TPSA) is 66.4 Å². The van der Waals surface area contributed by atoms with Crippen LogP contribution in [0.3, 0.4) is 0 Å². The predicted molar refractivity (Wildman–Crippen MR) is 82.2 cm³/mol. The molecule has 2 rings (SSSR count). The minimum atomic E-state index is -0.798. The standard InChI is InChI=1S/C17H21NO3/c19-16(12-14-4-2-1-3-5-14)18-15-9-6-13(7-10-15)8-11-17(20)21/h4,6-7,9-10H,1-3,5,8,11-12H2,(H,18,19)(H,20,21). The zero-order valence-electron chi connectivity index (χ0n) is 12.1. The molecule has 0 saturated heterocycles. The van der Waals surface area contributed by atoms with E-state index in [-0.39, 0.29) is 12.3 Å². The van der Waals surface area contributed by atoms with Crippen LogP contribution in [0, 0.1) is 0 Å². The molecular formula is C17H21NO3. The molecule has 0 fully saturated rings. The van der Waals surface area contributed by atoms with Crippen LogP contribution in [0.4, 0.5) is 5.69 Å². The van der Waals surface area contributed by atoms with Crippen molar-refractivity contribution in [2.24, 2.45) is 0 Å². The van der Waals surface area contributed by atoms with E-state index < -0.39 is 5.97 Å². The van der Waals surface area contributed by atoms with Gasteiger partial charge >= 0.3 is 5.97 Å². The lowest BCUT2D eigenvalue weighted by Gasteiger charge is -2.12. The average Bonchev–Trinajstić information content (AvgIpc) is 2.47. The fourth-order valence-corrected chi connectivity index (χ4v) is 2.48. The van der Waals surface area contributed by atoms with Gasteiger partial charge in [-0.3, -0.25) is 9.59 Å². The summed E-state index contributed by atoms with van der Waals surface area (Å²) in [6.45, 7) is 0.